The highest BCUT2D eigenvalue weighted by Gasteiger charge is 2.19. The molecule has 5 heteroatoms. The summed E-state index contributed by atoms with van der Waals surface area (Å²) in [7, 11) is 1.42. The number of carbonyl (C=O) groups excluding carboxylic acids is 1. The van der Waals surface area contributed by atoms with Gasteiger partial charge in [0, 0.05) is 29.1 Å². The third-order valence-electron chi connectivity index (χ3n) is 6.05. The predicted octanol–water partition coefficient (Wildman–Crippen LogP) is 4.97. The smallest absolute Gasteiger partial charge is 0.305 e. The molecule has 0 spiro atoms. The second kappa shape index (κ2) is 8.92. The molecule has 1 N–H and O–H groups in total. The molecule has 1 fully saturated rings. The van der Waals surface area contributed by atoms with Gasteiger partial charge in [-0.2, -0.15) is 0 Å². The average Bonchev–Trinajstić information content (AvgIpc) is 3.39. The molecular weight excluding hydrogens is 378 g/mol. The van der Waals surface area contributed by atoms with E-state index >= 15 is 0 Å². The lowest BCUT2D eigenvalue weighted by atomic mass is 9.93. The minimum atomic E-state index is -0.196. The van der Waals surface area contributed by atoms with Gasteiger partial charge in [0.15, 0.2) is 0 Å². The SMILES string of the molecule is COC(=O)CCc1[nH]c2ccc(OCc3ccc(C4CCOC4)c(C)c3)cc2c1C. The molecular formula is C25H29NO4. The molecule has 2 aromatic carbocycles. The molecule has 0 aliphatic carbocycles. The molecule has 30 heavy (non-hydrogen) atoms. The fraction of sp³-hybridized carbons (Fsp3) is 0.400. The van der Waals surface area contributed by atoms with Crippen molar-refractivity contribution in [3.05, 3.63) is 64.3 Å². The normalized spacial score (nSPS) is 16.2. The Labute approximate surface area is 177 Å². The van der Waals surface area contributed by atoms with Crippen LogP contribution in [-0.4, -0.2) is 31.3 Å². The number of esters is 1. The van der Waals surface area contributed by atoms with Gasteiger partial charge >= 0.3 is 5.97 Å². The van der Waals surface area contributed by atoms with Crippen molar-refractivity contribution in [2.75, 3.05) is 20.3 Å². The summed E-state index contributed by atoms with van der Waals surface area (Å²) < 4.78 is 16.4. The van der Waals surface area contributed by atoms with Crippen LogP contribution in [0, 0.1) is 13.8 Å². The first-order chi connectivity index (χ1) is 14.5. The first-order valence-corrected chi connectivity index (χ1v) is 10.5. The van der Waals surface area contributed by atoms with E-state index in [-0.39, 0.29) is 5.97 Å². The van der Waals surface area contributed by atoms with Crippen LogP contribution in [0.3, 0.4) is 0 Å². The van der Waals surface area contributed by atoms with Crippen LogP contribution in [0.25, 0.3) is 10.9 Å². The summed E-state index contributed by atoms with van der Waals surface area (Å²) in [6.07, 6.45) is 2.12. The summed E-state index contributed by atoms with van der Waals surface area (Å²) >= 11 is 0. The molecule has 0 amide bonds. The van der Waals surface area contributed by atoms with E-state index < -0.39 is 0 Å². The highest BCUT2D eigenvalue weighted by molar-refractivity contribution is 5.86. The van der Waals surface area contributed by atoms with E-state index in [0.29, 0.717) is 25.4 Å². The molecule has 1 aliphatic rings. The number of methoxy groups -OCH3 is 1. The maximum absolute atomic E-state index is 11.4. The van der Waals surface area contributed by atoms with Crippen molar-refractivity contribution in [2.45, 2.75) is 45.6 Å². The van der Waals surface area contributed by atoms with Crippen LogP contribution in [0.15, 0.2) is 36.4 Å². The molecule has 0 radical (unpaired) electrons. The van der Waals surface area contributed by atoms with E-state index in [1.54, 1.807) is 0 Å². The Morgan fingerprint density at radius 3 is 2.80 bits per heavy atom. The number of aromatic amines is 1. The Morgan fingerprint density at radius 2 is 2.07 bits per heavy atom. The van der Waals surface area contributed by atoms with Gasteiger partial charge in [0.1, 0.15) is 12.4 Å². The predicted molar refractivity (Wildman–Crippen MR) is 117 cm³/mol. The van der Waals surface area contributed by atoms with Crippen molar-refractivity contribution in [1.82, 2.24) is 4.98 Å². The molecule has 158 valence electrons. The highest BCUT2D eigenvalue weighted by Crippen LogP contribution is 2.30. The van der Waals surface area contributed by atoms with Crippen molar-refractivity contribution in [3.8, 4) is 5.75 Å². The van der Waals surface area contributed by atoms with Crippen LogP contribution >= 0.6 is 0 Å². The third kappa shape index (κ3) is 4.36. The summed E-state index contributed by atoms with van der Waals surface area (Å²) in [5.74, 6) is 1.17. The van der Waals surface area contributed by atoms with Gasteiger partial charge in [0.25, 0.3) is 0 Å². The first-order valence-electron chi connectivity index (χ1n) is 10.5. The molecule has 2 heterocycles. The highest BCUT2D eigenvalue weighted by atomic mass is 16.5. The lowest BCUT2D eigenvalue weighted by Crippen LogP contribution is -2.02. The van der Waals surface area contributed by atoms with Crippen LogP contribution in [0.5, 0.6) is 5.75 Å². The molecule has 3 aromatic rings. The fourth-order valence-electron chi connectivity index (χ4n) is 4.26. The van der Waals surface area contributed by atoms with Crippen LogP contribution in [0.4, 0.5) is 0 Å². The van der Waals surface area contributed by atoms with Crippen molar-refractivity contribution in [1.29, 1.82) is 0 Å². The number of benzene rings is 2. The second-order valence-electron chi connectivity index (χ2n) is 8.05. The van der Waals surface area contributed by atoms with Crippen LogP contribution in [-0.2, 0) is 27.3 Å². The Kier molecular flexibility index (Phi) is 6.09. The van der Waals surface area contributed by atoms with Crippen molar-refractivity contribution in [2.24, 2.45) is 0 Å². The zero-order valence-corrected chi connectivity index (χ0v) is 17.9. The van der Waals surface area contributed by atoms with E-state index in [2.05, 4.69) is 43.1 Å². The minimum Gasteiger partial charge on any atom is -0.489 e. The van der Waals surface area contributed by atoms with E-state index in [1.165, 1.54) is 23.8 Å². The lowest BCUT2D eigenvalue weighted by molar-refractivity contribution is -0.140. The van der Waals surface area contributed by atoms with Gasteiger partial charge < -0.3 is 19.2 Å². The maximum atomic E-state index is 11.4. The van der Waals surface area contributed by atoms with Gasteiger partial charge in [-0.1, -0.05) is 18.2 Å². The zero-order chi connectivity index (χ0) is 21.1. The molecule has 4 rings (SSSR count). The standard InChI is InChI=1S/C25H29NO4/c1-16-12-18(4-6-21(16)19-10-11-29-15-19)14-30-20-5-7-24-22(13-20)17(2)23(26-24)8-9-25(27)28-3/h4-7,12-13,19,26H,8-11,14-15H2,1-3H3. The topological polar surface area (TPSA) is 60.6 Å². The van der Waals surface area contributed by atoms with E-state index in [9.17, 15) is 4.79 Å². The number of fused-ring (bicyclic) bond motifs is 1. The molecule has 5 nitrogen and oxygen atoms in total. The fourth-order valence-corrected chi connectivity index (χ4v) is 4.26. The Morgan fingerprint density at radius 1 is 1.20 bits per heavy atom. The van der Waals surface area contributed by atoms with Gasteiger partial charge in [-0.3, -0.25) is 4.79 Å². The minimum absolute atomic E-state index is 0.196. The number of nitrogens with one attached hydrogen (secondary N) is 1. The molecule has 0 saturated carbocycles. The summed E-state index contributed by atoms with van der Waals surface area (Å²) in [6.45, 7) is 6.47. The quantitative estimate of drug-likeness (QED) is 0.562. The van der Waals surface area contributed by atoms with Crippen molar-refractivity contribution >= 4 is 16.9 Å². The zero-order valence-electron chi connectivity index (χ0n) is 17.9. The summed E-state index contributed by atoms with van der Waals surface area (Å²) in [5.41, 5.74) is 7.13. The van der Waals surface area contributed by atoms with Crippen LogP contribution in [0.1, 0.15) is 46.7 Å². The van der Waals surface area contributed by atoms with E-state index in [1.807, 2.05) is 12.1 Å². The van der Waals surface area contributed by atoms with Gasteiger partial charge in [0.05, 0.1) is 20.1 Å². The largest absolute Gasteiger partial charge is 0.489 e. The van der Waals surface area contributed by atoms with Crippen molar-refractivity contribution < 1.29 is 19.0 Å². The number of H-pyrrole nitrogens is 1. The lowest BCUT2D eigenvalue weighted by Gasteiger charge is -2.14. The van der Waals surface area contributed by atoms with E-state index in [4.69, 9.17) is 14.2 Å². The molecule has 1 saturated heterocycles. The molecule has 1 aliphatic heterocycles. The number of rotatable bonds is 7. The van der Waals surface area contributed by atoms with Crippen molar-refractivity contribution in [3.63, 3.8) is 0 Å². The molecule has 1 aromatic heterocycles. The molecule has 0 bridgehead atoms. The number of aryl methyl sites for hydroxylation is 3. The third-order valence-corrected chi connectivity index (χ3v) is 6.05. The first kappa shape index (κ1) is 20.5. The number of carbonyl (C=O) groups is 1. The monoisotopic (exact) mass is 407 g/mol. The van der Waals surface area contributed by atoms with Crippen LogP contribution < -0.4 is 4.74 Å². The van der Waals surface area contributed by atoms with Crippen LogP contribution in [0.2, 0.25) is 0 Å². The summed E-state index contributed by atoms with van der Waals surface area (Å²) in [5, 5.41) is 1.13. The molecule has 1 unspecified atom stereocenters. The molecule has 1 atom stereocenters. The Hall–Kier alpha value is -2.79. The van der Waals surface area contributed by atoms with E-state index in [0.717, 1.165) is 47.5 Å². The Bertz CT molecular complexity index is 1050. The number of aromatic nitrogens is 1. The number of hydrogen-bond donors (Lipinski definition) is 1. The maximum Gasteiger partial charge on any atom is 0.305 e. The second-order valence-corrected chi connectivity index (χ2v) is 8.05. The average molecular weight is 408 g/mol. The summed E-state index contributed by atoms with van der Waals surface area (Å²) in [4.78, 5) is 14.9. The number of hydrogen-bond acceptors (Lipinski definition) is 4. The van der Waals surface area contributed by atoms with Gasteiger partial charge in [0.2, 0.25) is 0 Å². The number of ether oxygens (including phenoxy) is 3. The Balaban J connectivity index is 1.44. The van der Waals surface area contributed by atoms with Gasteiger partial charge in [-0.05, 0) is 67.1 Å². The van der Waals surface area contributed by atoms with Gasteiger partial charge in [-0.15, -0.1) is 0 Å². The summed E-state index contributed by atoms with van der Waals surface area (Å²) in [6, 6.07) is 12.7. The van der Waals surface area contributed by atoms with Gasteiger partial charge in [-0.25, -0.2) is 0 Å².